The van der Waals surface area contributed by atoms with Crippen LogP contribution in [-0.4, -0.2) is 53.6 Å². The zero-order valence-electron chi connectivity index (χ0n) is 19.1. The third kappa shape index (κ3) is 4.19. The Morgan fingerprint density at radius 1 is 1.12 bits per heavy atom. The highest BCUT2D eigenvalue weighted by Gasteiger charge is 2.28. The molecule has 0 N–H and O–H groups in total. The van der Waals surface area contributed by atoms with Gasteiger partial charge in [0.15, 0.2) is 0 Å². The van der Waals surface area contributed by atoms with Gasteiger partial charge in [0.25, 0.3) is 5.91 Å². The summed E-state index contributed by atoms with van der Waals surface area (Å²) in [4.78, 5) is 22.0. The molecule has 0 aliphatic carbocycles. The fraction of sp³-hybridized carbons (Fsp3) is 0.385. The van der Waals surface area contributed by atoms with Gasteiger partial charge in [-0.2, -0.15) is 0 Å². The predicted octanol–water partition coefficient (Wildman–Crippen LogP) is 4.03. The average Bonchev–Trinajstić information content (AvgIpc) is 3.29. The fourth-order valence-electron chi connectivity index (χ4n) is 4.94. The number of nitrogens with zero attached hydrogens (tertiary/aromatic N) is 4. The molecular weight excluding hydrogens is 419 g/mol. The number of para-hydroxylation sites is 2. The van der Waals surface area contributed by atoms with Gasteiger partial charge < -0.3 is 19.1 Å². The number of fused-ring (bicyclic) bond motifs is 1. The third-order valence-electron chi connectivity index (χ3n) is 6.86. The highest BCUT2D eigenvalue weighted by molar-refractivity contribution is 5.92. The molecule has 172 valence electrons. The lowest BCUT2D eigenvalue weighted by Crippen LogP contribution is -2.49. The smallest absolute Gasteiger partial charge is 0.274 e. The van der Waals surface area contributed by atoms with Gasteiger partial charge in [-0.15, -0.1) is 0 Å². The summed E-state index contributed by atoms with van der Waals surface area (Å²) in [5.41, 5.74) is 3.40. The van der Waals surface area contributed by atoms with Gasteiger partial charge >= 0.3 is 0 Å². The Morgan fingerprint density at radius 2 is 1.91 bits per heavy atom. The minimum Gasteiger partial charge on any atom is -0.495 e. The number of methoxy groups -OCH3 is 1. The lowest BCUT2D eigenvalue weighted by Gasteiger charge is -2.36. The van der Waals surface area contributed by atoms with Gasteiger partial charge in [-0.05, 0) is 42.7 Å². The first-order valence-electron chi connectivity index (χ1n) is 11.5. The number of hydrogen-bond acceptors (Lipinski definition) is 4. The van der Waals surface area contributed by atoms with Crippen molar-refractivity contribution < 1.29 is 13.9 Å². The first-order chi connectivity index (χ1) is 16.0. The average molecular weight is 449 g/mol. The monoisotopic (exact) mass is 448 g/mol. The number of imidazole rings is 1. The molecule has 7 heteroatoms. The van der Waals surface area contributed by atoms with Gasteiger partial charge in [-0.1, -0.05) is 24.3 Å². The van der Waals surface area contributed by atoms with E-state index in [1.165, 1.54) is 0 Å². The second-order valence-corrected chi connectivity index (χ2v) is 8.89. The van der Waals surface area contributed by atoms with Crippen molar-refractivity contribution in [3.8, 4) is 5.75 Å². The molecule has 6 nitrogen and oxygen atoms in total. The number of carbonyl (C=O) groups excluding carboxylic acids is 1. The molecule has 0 bridgehead atoms. The molecule has 5 rings (SSSR count). The van der Waals surface area contributed by atoms with Crippen LogP contribution in [0.5, 0.6) is 5.75 Å². The van der Waals surface area contributed by atoms with Crippen LogP contribution in [0, 0.1) is 12.7 Å². The van der Waals surface area contributed by atoms with E-state index in [0.717, 1.165) is 55.3 Å². The SMILES string of the molecule is COc1ccccc1N1CCN(C(=O)c2cn3c(n2)CC[C@@H](c2ccc(F)c(C)c2)C3)CC1. The van der Waals surface area contributed by atoms with E-state index in [1.54, 1.807) is 20.1 Å². The van der Waals surface area contributed by atoms with Crippen LogP contribution in [0.3, 0.4) is 0 Å². The van der Waals surface area contributed by atoms with Crippen LogP contribution in [0.15, 0.2) is 48.7 Å². The molecule has 0 radical (unpaired) electrons. The van der Waals surface area contributed by atoms with Crippen molar-refractivity contribution in [3.05, 3.63) is 77.1 Å². The molecule has 1 saturated heterocycles. The lowest BCUT2D eigenvalue weighted by molar-refractivity contribution is 0.0741. The molecule has 0 spiro atoms. The molecule has 33 heavy (non-hydrogen) atoms. The zero-order chi connectivity index (χ0) is 22.9. The van der Waals surface area contributed by atoms with Gasteiger partial charge in [0.05, 0.1) is 12.8 Å². The second kappa shape index (κ2) is 8.89. The quantitative estimate of drug-likeness (QED) is 0.605. The van der Waals surface area contributed by atoms with Crippen LogP contribution in [0.1, 0.15) is 39.8 Å². The molecule has 1 fully saturated rings. The molecule has 2 aliphatic rings. The summed E-state index contributed by atoms with van der Waals surface area (Å²) in [5, 5.41) is 0. The van der Waals surface area contributed by atoms with Crippen molar-refractivity contribution in [1.29, 1.82) is 0 Å². The molecule has 1 aromatic heterocycles. The summed E-state index contributed by atoms with van der Waals surface area (Å²) >= 11 is 0. The number of anilines is 1. The molecule has 2 aliphatic heterocycles. The van der Waals surface area contributed by atoms with E-state index in [4.69, 9.17) is 4.74 Å². The topological polar surface area (TPSA) is 50.6 Å². The normalized spacial score (nSPS) is 18.2. The van der Waals surface area contributed by atoms with Crippen molar-refractivity contribution >= 4 is 11.6 Å². The van der Waals surface area contributed by atoms with Crippen molar-refractivity contribution in [1.82, 2.24) is 14.5 Å². The molecule has 2 aromatic carbocycles. The van der Waals surface area contributed by atoms with Crippen molar-refractivity contribution in [3.63, 3.8) is 0 Å². The maximum Gasteiger partial charge on any atom is 0.274 e. The number of ether oxygens (including phenoxy) is 1. The minimum absolute atomic E-state index is 0.00856. The maximum atomic E-state index is 13.7. The largest absolute Gasteiger partial charge is 0.495 e. The van der Waals surface area contributed by atoms with Gasteiger partial charge in [-0.3, -0.25) is 4.79 Å². The molecule has 1 atom stereocenters. The van der Waals surface area contributed by atoms with Gasteiger partial charge in [0, 0.05) is 51.3 Å². The number of piperazine rings is 1. The van der Waals surface area contributed by atoms with E-state index in [9.17, 15) is 9.18 Å². The van der Waals surface area contributed by atoms with E-state index in [0.29, 0.717) is 30.3 Å². The first kappa shape index (κ1) is 21.5. The predicted molar refractivity (Wildman–Crippen MR) is 126 cm³/mol. The Morgan fingerprint density at radius 3 is 2.67 bits per heavy atom. The summed E-state index contributed by atoms with van der Waals surface area (Å²) in [5.74, 6) is 1.94. The van der Waals surface area contributed by atoms with Crippen molar-refractivity contribution in [2.45, 2.75) is 32.2 Å². The van der Waals surface area contributed by atoms with Crippen molar-refractivity contribution in [2.75, 3.05) is 38.2 Å². The molecule has 3 aromatic rings. The van der Waals surface area contributed by atoms with Gasteiger partial charge in [-0.25, -0.2) is 9.37 Å². The number of aryl methyl sites for hydroxylation is 2. The number of halogens is 1. The molecular formula is C26H29FN4O2. The fourth-order valence-corrected chi connectivity index (χ4v) is 4.94. The summed E-state index contributed by atoms with van der Waals surface area (Å²) in [7, 11) is 1.68. The highest BCUT2D eigenvalue weighted by Crippen LogP contribution is 2.31. The molecule has 0 unspecified atom stereocenters. The summed E-state index contributed by atoms with van der Waals surface area (Å²) in [6, 6.07) is 13.4. The van der Waals surface area contributed by atoms with Crippen LogP contribution < -0.4 is 9.64 Å². The first-order valence-corrected chi connectivity index (χ1v) is 11.5. The molecule has 1 amide bonds. The molecule has 3 heterocycles. The maximum absolute atomic E-state index is 13.7. The van der Waals surface area contributed by atoms with E-state index in [1.807, 2.05) is 41.4 Å². The van der Waals surface area contributed by atoms with E-state index in [2.05, 4.69) is 20.5 Å². The van der Waals surface area contributed by atoms with Crippen LogP contribution >= 0.6 is 0 Å². The summed E-state index contributed by atoms with van der Waals surface area (Å²) < 4.78 is 21.3. The lowest BCUT2D eigenvalue weighted by atomic mass is 9.90. The van der Waals surface area contributed by atoms with Crippen molar-refractivity contribution in [2.24, 2.45) is 0 Å². The van der Waals surface area contributed by atoms with Crippen LogP contribution in [0.4, 0.5) is 10.1 Å². The number of hydrogen-bond donors (Lipinski definition) is 0. The zero-order valence-corrected chi connectivity index (χ0v) is 19.1. The Labute approximate surface area is 193 Å². The van der Waals surface area contributed by atoms with Crippen LogP contribution in [0.2, 0.25) is 0 Å². The van der Waals surface area contributed by atoms with E-state index in [-0.39, 0.29) is 11.7 Å². The van der Waals surface area contributed by atoms with E-state index < -0.39 is 0 Å². The number of aromatic nitrogens is 2. The molecule has 0 saturated carbocycles. The number of rotatable bonds is 4. The Kier molecular flexibility index (Phi) is 5.79. The second-order valence-electron chi connectivity index (χ2n) is 8.89. The Bertz CT molecular complexity index is 1170. The van der Waals surface area contributed by atoms with Crippen LogP contribution in [-0.2, 0) is 13.0 Å². The summed E-state index contributed by atoms with van der Waals surface area (Å²) in [6.07, 6.45) is 3.66. The number of amides is 1. The van der Waals surface area contributed by atoms with Gasteiger partial charge in [0.1, 0.15) is 23.1 Å². The third-order valence-corrected chi connectivity index (χ3v) is 6.86. The summed E-state index contributed by atoms with van der Waals surface area (Å²) in [6.45, 7) is 5.38. The standard InChI is InChI=1S/C26H29FN4O2/c1-18-15-19(7-9-21(18)27)20-8-10-25-28-22(17-31(25)16-20)26(32)30-13-11-29(12-14-30)23-5-3-4-6-24(23)33-2/h3-7,9,15,17,20H,8,10-14,16H2,1-2H3/t20-/m1/s1. The van der Waals surface area contributed by atoms with E-state index >= 15 is 0 Å². The Balaban J connectivity index is 1.25. The van der Waals surface area contributed by atoms with Crippen LogP contribution in [0.25, 0.3) is 0 Å². The number of benzene rings is 2. The number of carbonyl (C=O) groups is 1. The highest BCUT2D eigenvalue weighted by atomic mass is 19.1. The minimum atomic E-state index is -0.170. The Hall–Kier alpha value is -3.35. The van der Waals surface area contributed by atoms with Gasteiger partial charge in [0.2, 0.25) is 0 Å².